The first-order chi connectivity index (χ1) is 4.38. The summed E-state index contributed by atoms with van der Waals surface area (Å²) in [5.74, 6) is 0. The van der Waals surface area contributed by atoms with Crippen molar-refractivity contribution in [1.29, 1.82) is 0 Å². The van der Waals surface area contributed by atoms with Gasteiger partial charge in [0.2, 0.25) is 0 Å². The standard InChI is InChI=1S/C8H11N/c1-9-6-8(9)7-4-2-3-5-7/h2-4,8H,5-6H2,1H3. The molecule has 1 aliphatic heterocycles. The summed E-state index contributed by atoms with van der Waals surface area (Å²) in [5.41, 5.74) is 1.59. The molecule has 2 rings (SSSR count). The molecule has 0 aromatic heterocycles. The second-order valence-corrected chi connectivity index (χ2v) is 2.83. The molecule has 48 valence electrons. The van der Waals surface area contributed by atoms with Crippen LogP contribution in [0, 0.1) is 0 Å². The van der Waals surface area contributed by atoms with E-state index in [0.29, 0.717) is 0 Å². The fraction of sp³-hybridized carbons (Fsp3) is 0.500. The Morgan fingerprint density at radius 3 is 2.89 bits per heavy atom. The third kappa shape index (κ3) is 0.815. The van der Waals surface area contributed by atoms with Crippen LogP contribution in [0.2, 0.25) is 0 Å². The molecule has 0 N–H and O–H groups in total. The molecule has 9 heavy (non-hydrogen) atoms. The van der Waals surface area contributed by atoms with Crippen LogP contribution in [0.1, 0.15) is 6.42 Å². The van der Waals surface area contributed by atoms with Crippen molar-refractivity contribution in [1.82, 2.24) is 4.90 Å². The van der Waals surface area contributed by atoms with Crippen LogP contribution in [0.15, 0.2) is 23.8 Å². The summed E-state index contributed by atoms with van der Waals surface area (Å²) >= 11 is 0. The van der Waals surface area contributed by atoms with Gasteiger partial charge in [0.1, 0.15) is 0 Å². The summed E-state index contributed by atoms with van der Waals surface area (Å²) in [6, 6.07) is 0.792. The molecule has 2 atom stereocenters. The Morgan fingerprint density at radius 2 is 2.44 bits per heavy atom. The second kappa shape index (κ2) is 1.71. The Morgan fingerprint density at radius 1 is 1.67 bits per heavy atom. The molecule has 1 fully saturated rings. The van der Waals surface area contributed by atoms with Crippen molar-refractivity contribution in [2.75, 3.05) is 13.6 Å². The first-order valence-corrected chi connectivity index (χ1v) is 3.44. The lowest BCUT2D eigenvalue weighted by molar-refractivity contribution is 0.644. The highest BCUT2D eigenvalue weighted by Crippen LogP contribution is 2.27. The van der Waals surface area contributed by atoms with Crippen LogP contribution in [0.3, 0.4) is 0 Å². The minimum Gasteiger partial charge on any atom is -0.297 e. The maximum atomic E-state index is 2.36. The monoisotopic (exact) mass is 121 g/mol. The van der Waals surface area contributed by atoms with E-state index < -0.39 is 0 Å². The Balaban J connectivity index is 2.01. The zero-order valence-electron chi connectivity index (χ0n) is 5.67. The van der Waals surface area contributed by atoms with Gasteiger partial charge >= 0.3 is 0 Å². The molecular formula is C8H11N. The Hall–Kier alpha value is -0.560. The van der Waals surface area contributed by atoms with Gasteiger partial charge in [-0.2, -0.15) is 0 Å². The topological polar surface area (TPSA) is 3.01 Å². The molecule has 1 saturated heterocycles. The highest BCUT2D eigenvalue weighted by Gasteiger charge is 2.32. The summed E-state index contributed by atoms with van der Waals surface area (Å²) in [5, 5.41) is 0. The maximum absolute atomic E-state index is 2.36. The largest absolute Gasteiger partial charge is 0.297 e. The van der Waals surface area contributed by atoms with Crippen molar-refractivity contribution in [3.63, 3.8) is 0 Å². The summed E-state index contributed by atoms with van der Waals surface area (Å²) < 4.78 is 0. The van der Waals surface area contributed by atoms with Gasteiger partial charge in [-0.3, -0.25) is 4.90 Å². The van der Waals surface area contributed by atoms with Crippen molar-refractivity contribution in [2.24, 2.45) is 0 Å². The summed E-state index contributed by atoms with van der Waals surface area (Å²) in [6.07, 6.45) is 7.81. The summed E-state index contributed by atoms with van der Waals surface area (Å²) in [6.45, 7) is 1.27. The van der Waals surface area contributed by atoms with Gasteiger partial charge < -0.3 is 0 Å². The molecule has 0 spiro atoms. The van der Waals surface area contributed by atoms with Gasteiger partial charge in [0.15, 0.2) is 0 Å². The first kappa shape index (κ1) is 5.24. The third-order valence-electron chi connectivity index (χ3n) is 2.09. The van der Waals surface area contributed by atoms with Crippen LogP contribution in [0.4, 0.5) is 0 Å². The van der Waals surface area contributed by atoms with E-state index in [1.807, 2.05) is 0 Å². The normalized spacial score (nSPS) is 39.0. The van der Waals surface area contributed by atoms with Crippen molar-refractivity contribution in [3.05, 3.63) is 23.8 Å². The van der Waals surface area contributed by atoms with Gasteiger partial charge in [-0.25, -0.2) is 0 Å². The second-order valence-electron chi connectivity index (χ2n) is 2.83. The minimum atomic E-state index is 0.792. The molecule has 1 nitrogen and oxygen atoms in total. The van der Waals surface area contributed by atoms with Gasteiger partial charge in [-0.1, -0.05) is 18.2 Å². The van der Waals surface area contributed by atoms with Crippen LogP contribution in [-0.2, 0) is 0 Å². The number of allylic oxidation sites excluding steroid dienone is 3. The van der Waals surface area contributed by atoms with Gasteiger partial charge in [-0.15, -0.1) is 0 Å². The fourth-order valence-corrected chi connectivity index (χ4v) is 1.34. The number of nitrogens with zero attached hydrogens (tertiary/aromatic N) is 1. The number of hydrogen-bond donors (Lipinski definition) is 0. The average molecular weight is 121 g/mol. The Kier molecular flexibility index (Phi) is 0.995. The number of likely N-dealkylation sites (N-methyl/N-ethyl adjacent to an activating group) is 1. The molecule has 2 unspecified atom stereocenters. The molecule has 1 heterocycles. The highest BCUT2D eigenvalue weighted by molar-refractivity contribution is 5.31. The van der Waals surface area contributed by atoms with E-state index in [2.05, 4.69) is 30.2 Å². The van der Waals surface area contributed by atoms with Crippen molar-refractivity contribution in [3.8, 4) is 0 Å². The quantitative estimate of drug-likeness (QED) is 0.471. The molecule has 0 saturated carbocycles. The molecule has 1 heteroatoms. The number of rotatable bonds is 1. The van der Waals surface area contributed by atoms with Gasteiger partial charge in [-0.05, 0) is 19.0 Å². The van der Waals surface area contributed by atoms with Crippen molar-refractivity contribution in [2.45, 2.75) is 12.5 Å². The van der Waals surface area contributed by atoms with E-state index in [-0.39, 0.29) is 0 Å². The molecule has 0 amide bonds. The summed E-state index contributed by atoms with van der Waals surface area (Å²) in [4.78, 5) is 2.36. The SMILES string of the molecule is CN1CC1C1=CC=CC1. The first-order valence-electron chi connectivity index (χ1n) is 3.44. The Labute approximate surface area is 55.7 Å². The Bertz CT molecular complexity index is 179. The van der Waals surface area contributed by atoms with E-state index in [4.69, 9.17) is 0 Å². The van der Waals surface area contributed by atoms with Crippen LogP contribution in [0.25, 0.3) is 0 Å². The molecule has 0 aromatic carbocycles. The van der Waals surface area contributed by atoms with Gasteiger partial charge in [0, 0.05) is 12.6 Å². The maximum Gasteiger partial charge on any atom is 0.0438 e. The molecular weight excluding hydrogens is 110 g/mol. The van der Waals surface area contributed by atoms with Crippen LogP contribution < -0.4 is 0 Å². The smallest absolute Gasteiger partial charge is 0.0438 e. The number of hydrogen-bond acceptors (Lipinski definition) is 1. The fourth-order valence-electron chi connectivity index (χ4n) is 1.34. The molecule has 0 radical (unpaired) electrons. The lowest BCUT2D eigenvalue weighted by Gasteiger charge is -1.95. The van der Waals surface area contributed by atoms with Crippen LogP contribution in [0.5, 0.6) is 0 Å². The van der Waals surface area contributed by atoms with E-state index in [9.17, 15) is 0 Å². The zero-order valence-corrected chi connectivity index (χ0v) is 5.67. The van der Waals surface area contributed by atoms with Crippen molar-refractivity contribution >= 4 is 0 Å². The van der Waals surface area contributed by atoms with E-state index in [1.54, 1.807) is 5.57 Å². The van der Waals surface area contributed by atoms with E-state index >= 15 is 0 Å². The molecule has 1 aliphatic carbocycles. The zero-order chi connectivity index (χ0) is 6.27. The third-order valence-corrected chi connectivity index (χ3v) is 2.09. The van der Waals surface area contributed by atoms with Crippen molar-refractivity contribution < 1.29 is 0 Å². The molecule has 0 aromatic rings. The lowest BCUT2D eigenvalue weighted by Crippen LogP contribution is -1.95. The van der Waals surface area contributed by atoms with E-state index in [0.717, 1.165) is 6.04 Å². The van der Waals surface area contributed by atoms with Gasteiger partial charge in [0.25, 0.3) is 0 Å². The molecule has 0 bridgehead atoms. The minimum absolute atomic E-state index is 0.792. The van der Waals surface area contributed by atoms with Crippen LogP contribution >= 0.6 is 0 Å². The van der Waals surface area contributed by atoms with Gasteiger partial charge in [0.05, 0.1) is 0 Å². The average Bonchev–Trinajstić information content (AvgIpc) is 2.44. The van der Waals surface area contributed by atoms with Crippen LogP contribution in [-0.4, -0.2) is 24.5 Å². The molecule has 2 aliphatic rings. The van der Waals surface area contributed by atoms with E-state index in [1.165, 1.54) is 13.0 Å². The lowest BCUT2D eigenvalue weighted by atomic mass is 10.2. The predicted octanol–water partition coefficient (Wildman–Crippen LogP) is 1.19. The predicted molar refractivity (Wildman–Crippen MR) is 38.3 cm³/mol. The highest BCUT2D eigenvalue weighted by atomic mass is 15.3. The summed E-state index contributed by atoms with van der Waals surface area (Å²) in [7, 11) is 2.17.